The van der Waals surface area contributed by atoms with Crippen LogP contribution in [0.2, 0.25) is 0 Å². The van der Waals surface area contributed by atoms with E-state index in [1.807, 2.05) is 11.3 Å². The zero-order valence-corrected chi connectivity index (χ0v) is 12.1. The lowest BCUT2D eigenvalue weighted by atomic mass is 10.2. The van der Waals surface area contributed by atoms with Gasteiger partial charge >= 0.3 is 0 Å². The number of thiophene rings is 1. The molecule has 0 saturated heterocycles. The standard InChI is InChI=1S/C17H17NS/c1-13-8-10-16(12-17-11-9-14(2)19-17)18(13)15-6-4-3-5-7-15/h3-11H,12H2,1-2H3. The van der Waals surface area contributed by atoms with E-state index >= 15 is 0 Å². The van der Waals surface area contributed by atoms with Gasteiger partial charge in [-0.2, -0.15) is 0 Å². The number of hydrogen-bond donors (Lipinski definition) is 0. The van der Waals surface area contributed by atoms with Gasteiger partial charge in [0, 0.05) is 33.3 Å². The second-order valence-electron chi connectivity index (χ2n) is 4.83. The van der Waals surface area contributed by atoms with E-state index in [1.54, 1.807) is 0 Å². The quantitative estimate of drug-likeness (QED) is 0.645. The molecular formula is C17H17NS. The van der Waals surface area contributed by atoms with Crippen molar-refractivity contribution in [1.29, 1.82) is 0 Å². The molecule has 0 atom stereocenters. The van der Waals surface area contributed by atoms with E-state index in [4.69, 9.17) is 0 Å². The van der Waals surface area contributed by atoms with Crippen LogP contribution < -0.4 is 0 Å². The molecule has 1 nitrogen and oxygen atoms in total. The minimum atomic E-state index is 1.00. The molecule has 0 amide bonds. The fourth-order valence-corrected chi connectivity index (χ4v) is 3.34. The van der Waals surface area contributed by atoms with Crippen LogP contribution in [0.1, 0.15) is 21.1 Å². The third kappa shape index (κ3) is 2.49. The van der Waals surface area contributed by atoms with E-state index in [2.05, 4.69) is 73.0 Å². The third-order valence-electron chi connectivity index (χ3n) is 3.32. The minimum Gasteiger partial charge on any atom is -0.318 e. The molecule has 0 aliphatic heterocycles. The molecule has 3 rings (SSSR count). The Morgan fingerprint density at radius 2 is 1.68 bits per heavy atom. The lowest BCUT2D eigenvalue weighted by Gasteiger charge is -2.11. The van der Waals surface area contributed by atoms with Gasteiger partial charge < -0.3 is 4.57 Å². The molecule has 3 aromatic rings. The van der Waals surface area contributed by atoms with Crippen molar-refractivity contribution in [3.63, 3.8) is 0 Å². The van der Waals surface area contributed by atoms with Crippen molar-refractivity contribution < 1.29 is 0 Å². The summed E-state index contributed by atoms with van der Waals surface area (Å²) in [5, 5.41) is 0. The smallest absolute Gasteiger partial charge is 0.0455 e. The number of aromatic nitrogens is 1. The summed E-state index contributed by atoms with van der Waals surface area (Å²) in [6.45, 7) is 4.33. The lowest BCUT2D eigenvalue weighted by Crippen LogP contribution is -2.01. The molecule has 2 aromatic heterocycles. The summed E-state index contributed by atoms with van der Waals surface area (Å²) < 4.78 is 2.34. The van der Waals surface area contributed by atoms with Crippen molar-refractivity contribution in [3.05, 3.63) is 75.7 Å². The summed E-state index contributed by atoms with van der Waals surface area (Å²) in [6.07, 6.45) is 1.00. The SMILES string of the molecule is Cc1ccc(Cc2ccc(C)n2-c2ccccc2)s1. The molecule has 19 heavy (non-hydrogen) atoms. The maximum absolute atomic E-state index is 2.34. The molecule has 96 valence electrons. The second kappa shape index (κ2) is 5.06. The Labute approximate surface area is 118 Å². The third-order valence-corrected chi connectivity index (χ3v) is 4.32. The molecule has 0 aliphatic carbocycles. The van der Waals surface area contributed by atoms with Gasteiger partial charge in [0.1, 0.15) is 0 Å². The number of nitrogens with zero attached hydrogens (tertiary/aromatic N) is 1. The van der Waals surface area contributed by atoms with E-state index in [0.717, 1.165) is 6.42 Å². The Kier molecular flexibility index (Phi) is 3.26. The van der Waals surface area contributed by atoms with Crippen LogP contribution in [0, 0.1) is 13.8 Å². The van der Waals surface area contributed by atoms with Gasteiger partial charge in [-0.05, 0) is 50.2 Å². The van der Waals surface area contributed by atoms with Gasteiger partial charge in [0.15, 0.2) is 0 Å². The molecule has 0 aliphatic rings. The molecule has 2 heterocycles. The Morgan fingerprint density at radius 1 is 0.895 bits per heavy atom. The molecule has 0 radical (unpaired) electrons. The Hall–Kier alpha value is -1.80. The van der Waals surface area contributed by atoms with Crippen LogP contribution in [-0.2, 0) is 6.42 Å². The Morgan fingerprint density at radius 3 is 2.37 bits per heavy atom. The highest BCUT2D eigenvalue weighted by Gasteiger charge is 2.08. The highest BCUT2D eigenvalue weighted by Crippen LogP contribution is 2.23. The fourth-order valence-electron chi connectivity index (χ4n) is 2.44. The molecule has 1 aromatic carbocycles. The van der Waals surface area contributed by atoms with Crippen molar-refractivity contribution in [2.75, 3.05) is 0 Å². The maximum Gasteiger partial charge on any atom is 0.0455 e. The van der Waals surface area contributed by atoms with Crippen LogP contribution in [0.5, 0.6) is 0 Å². The Balaban J connectivity index is 1.99. The van der Waals surface area contributed by atoms with Gasteiger partial charge in [0.2, 0.25) is 0 Å². The summed E-state index contributed by atoms with van der Waals surface area (Å²) in [4.78, 5) is 2.80. The molecular weight excluding hydrogens is 250 g/mol. The first-order valence-electron chi connectivity index (χ1n) is 6.52. The van der Waals surface area contributed by atoms with Crippen LogP contribution in [0.15, 0.2) is 54.6 Å². The predicted octanol–water partition coefficient (Wildman–Crippen LogP) is 4.75. The normalized spacial score (nSPS) is 10.8. The van der Waals surface area contributed by atoms with Crippen molar-refractivity contribution in [1.82, 2.24) is 4.57 Å². The zero-order valence-electron chi connectivity index (χ0n) is 11.3. The topological polar surface area (TPSA) is 4.93 Å². The van der Waals surface area contributed by atoms with Crippen LogP contribution in [-0.4, -0.2) is 4.57 Å². The summed E-state index contributed by atoms with van der Waals surface area (Å²) in [5.74, 6) is 0. The number of para-hydroxylation sites is 1. The van der Waals surface area contributed by atoms with Gasteiger partial charge in [-0.1, -0.05) is 18.2 Å². The first kappa shape index (κ1) is 12.2. The molecule has 2 heteroatoms. The Bertz CT molecular complexity index is 676. The fraction of sp³-hybridized carbons (Fsp3) is 0.176. The van der Waals surface area contributed by atoms with Gasteiger partial charge in [0.05, 0.1) is 0 Å². The van der Waals surface area contributed by atoms with Gasteiger partial charge in [-0.3, -0.25) is 0 Å². The van der Waals surface area contributed by atoms with Crippen molar-refractivity contribution in [2.24, 2.45) is 0 Å². The monoisotopic (exact) mass is 267 g/mol. The molecule has 0 fully saturated rings. The van der Waals surface area contributed by atoms with Crippen LogP contribution >= 0.6 is 11.3 Å². The van der Waals surface area contributed by atoms with Crippen molar-refractivity contribution in [2.45, 2.75) is 20.3 Å². The maximum atomic E-state index is 2.34. The van der Waals surface area contributed by atoms with E-state index in [0.29, 0.717) is 0 Å². The molecule has 0 saturated carbocycles. The number of benzene rings is 1. The van der Waals surface area contributed by atoms with Crippen molar-refractivity contribution in [3.8, 4) is 5.69 Å². The van der Waals surface area contributed by atoms with Gasteiger partial charge in [-0.15, -0.1) is 11.3 Å². The van der Waals surface area contributed by atoms with Crippen LogP contribution in [0.3, 0.4) is 0 Å². The number of aryl methyl sites for hydroxylation is 2. The van der Waals surface area contributed by atoms with E-state index in [9.17, 15) is 0 Å². The molecule has 0 spiro atoms. The average molecular weight is 267 g/mol. The zero-order chi connectivity index (χ0) is 13.2. The molecule has 0 N–H and O–H groups in total. The first-order chi connectivity index (χ1) is 9.24. The van der Waals surface area contributed by atoms with Crippen LogP contribution in [0.4, 0.5) is 0 Å². The van der Waals surface area contributed by atoms with Crippen LogP contribution in [0.25, 0.3) is 5.69 Å². The van der Waals surface area contributed by atoms with E-state index < -0.39 is 0 Å². The second-order valence-corrected chi connectivity index (χ2v) is 6.20. The minimum absolute atomic E-state index is 1.00. The summed E-state index contributed by atoms with van der Waals surface area (Å²) in [6, 6.07) is 19.4. The summed E-state index contributed by atoms with van der Waals surface area (Å²) in [7, 11) is 0. The predicted molar refractivity (Wildman–Crippen MR) is 82.4 cm³/mol. The number of hydrogen-bond acceptors (Lipinski definition) is 1. The largest absolute Gasteiger partial charge is 0.318 e. The average Bonchev–Trinajstić information content (AvgIpc) is 2.98. The highest BCUT2D eigenvalue weighted by atomic mass is 32.1. The van der Waals surface area contributed by atoms with E-state index in [1.165, 1.54) is 26.8 Å². The molecule has 0 bridgehead atoms. The number of rotatable bonds is 3. The molecule has 0 unspecified atom stereocenters. The van der Waals surface area contributed by atoms with E-state index in [-0.39, 0.29) is 0 Å². The first-order valence-corrected chi connectivity index (χ1v) is 7.33. The highest BCUT2D eigenvalue weighted by molar-refractivity contribution is 7.11. The van der Waals surface area contributed by atoms with Gasteiger partial charge in [0.25, 0.3) is 0 Å². The van der Waals surface area contributed by atoms with Crippen molar-refractivity contribution >= 4 is 11.3 Å². The summed E-state index contributed by atoms with van der Waals surface area (Å²) >= 11 is 1.88. The summed E-state index contributed by atoms with van der Waals surface area (Å²) in [5.41, 5.74) is 3.88. The lowest BCUT2D eigenvalue weighted by molar-refractivity contribution is 0.930. The van der Waals surface area contributed by atoms with Gasteiger partial charge in [-0.25, -0.2) is 0 Å².